The van der Waals surface area contributed by atoms with E-state index >= 15 is 0 Å². The van der Waals surface area contributed by atoms with Crippen molar-refractivity contribution in [3.8, 4) is 0 Å². The lowest BCUT2D eigenvalue weighted by atomic mass is 9.74. The van der Waals surface area contributed by atoms with Gasteiger partial charge in [-0.2, -0.15) is 0 Å². The van der Waals surface area contributed by atoms with Crippen molar-refractivity contribution >= 4 is 11.3 Å². The first-order chi connectivity index (χ1) is 9.86. The smallest absolute Gasteiger partial charge is 0.0794 e. The standard InChI is InChI=1S/C17H22N2S/c1-18-17-8-7-14(13-5-3-2-4-6-13)9-15(17)10-16-11-19-12-20-16/h2-6,11-12,14-15,17-18H,7-10H2,1H3. The van der Waals surface area contributed by atoms with Gasteiger partial charge in [-0.3, -0.25) is 4.98 Å². The zero-order valence-corrected chi connectivity index (χ0v) is 12.8. The summed E-state index contributed by atoms with van der Waals surface area (Å²) < 4.78 is 0. The number of benzene rings is 1. The van der Waals surface area contributed by atoms with E-state index in [9.17, 15) is 0 Å². The maximum Gasteiger partial charge on any atom is 0.0794 e. The molecular weight excluding hydrogens is 264 g/mol. The monoisotopic (exact) mass is 286 g/mol. The van der Waals surface area contributed by atoms with Gasteiger partial charge in [0, 0.05) is 17.1 Å². The zero-order chi connectivity index (χ0) is 13.8. The van der Waals surface area contributed by atoms with Gasteiger partial charge < -0.3 is 5.32 Å². The summed E-state index contributed by atoms with van der Waals surface area (Å²) in [5, 5.41) is 3.52. The molecule has 20 heavy (non-hydrogen) atoms. The number of nitrogens with zero attached hydrogens (tertiary/aromatic N) is 1. The van der Waals surface area contributed by atoms with Gasteiger partial charge in [0.25, 0.3) is 0 Å². The molecule has 0 spiro atoms. The number of nitrogens with one attached hydrogen (secondary N) is 1. The molecule has 3 heteroatoms. The van der Waals surface area contributed by atoms with Crippen molar-refractivity contribution < 1.29 is 0 Å². The van der Waals surface area contributed by atoms with E-state index in [0.29, 0.717) is 6.04 Å². The lowest BCUT2D eigenvalue weighted by molar-refractivity contribution is 0.249. The minimum atomic E-state index is 0.650. The zero-order valence-electron chi connectivity index (χ0n) is 12.0. The van der Waals surface area contributed by atoms with Crippen LogP contribution < -0.4 is 5.32 Å². The summed E-state index contributed by atoms with van der Waals surface area (Å²) in [5.74, 6) is 1.44. The maximum absolute atomic E-state index is 4.21. The fourth-order valence-electron chi connectivity index (χ4n) is 3.50. The van der Waals surface area contributed by atoms with Gasteiger partial charge in [-0.1, -0.05) is 30.3 Å². The van der Waals surface area contributed by atoms with E-state index in [2.05, 4.69) is 47.7 Å². The van der Waals surface area contributed by atoms with Crippen LogP contribution in [0.1, 0.15) is 35.6 Å². The van der Waals surface area contributed by atoms with Gasteiger partial charge in [0.2, 0.25) is 0 Å². The lowest BCUT2D eigenvalue weighted by Gasteiger charge is -2.36. The topological polar surface area (TPSA) is 24.9 Å². The van der Waals surface area contributed by atoms with Gasteiger partial charge in [-0.25, -0.2) is 0 Å². The Hall–Kier alpha value is -1.19. The second-order valence-corrected chi connectivity index (χ2v) is 6.72. The number of rotatable bonds is 4. The third-order valence-corrected chi connectivity index (χ3v) is 5.37. The van der Waals surface area contributed by atoms with E-state index in [1.54, 1.807) is 11.3 Å². The molecule has 1 aliphatic rings. The van der Waals surface area contributed by atoms with Gasteiger partial charge >= 0.3 is 0 Å². The van der Waals surface area contributed by atoms with Crippen molar-refractivity contribution in [2.24, 2.45) is 5.92 Å². The Morgan fingerprint density at radius 1 is 1.25 bits per heavy atom. The van der Waals surface area contributed by atoms with Gasteiger partial charge in [0.05, 0.1) is 5.51 Å². The highest BCUT2D eigenvalue weighted by Crippen LogP contribution is 2.38. The molecule has 0 saturated heterocycles. The summed E-state index contributed by atoms with van der Waals surface area (Å²) in [7, 11) is 2.10. The first-order valence-electron chi connectivity index (χ1n) is 7.46. The molecule has 3 atom stereocenters. The van der Waals surface area contributed by atoms with Gasteiger partial charge in [-0.15, -0.1) is 11.3 Å². The van der Waals surface area contributed by atoms with Crippen LogP contribution in [0.3, 0.4) is 0 Å². The molecular formula is C17H22N2S. The number of aromatic nitrogens is 1. The normalized spacial score (nSPS) is 26.6. The highest BCUT2D eigenvalue weighted by atomic mass is 32.1. The minimum Gasteiger partial charge on any atom is -0.317 e. The Labute approximate surface area is 125 Å². The summed E-state index contributed by atoms with van der Waals surface area (Å²) in [5.41, 5.74) is 3.46. The van der Waals surface area contributed by atoms with Crippen molar-refractivity contribution in [2.75, 3.05) is 7.05 Å². The Morgan fingerprint density at radius 2 is 2.10 bits per heavy atom. The van der Waals surface area contributed by atoms with E-state index < -0.39 is 0 Å². The summed E-state index contributed by atoms with van der Waals surface area (Å²) >= 11 is 1.79. The molecule has 2 aromatic rings. The van der Waals surface area contributed by atoms with Crippen molar-refractivity contribution in [1.82, 2.24) is 10.3 Å². The molecule has 1 saturated carbocycles. The molecule has 0 radical (unpaired) electrons. The molecule has 1 N–H and O–H groups in total. The van der Waals surface area contributed by atoms with Crippen LogP contribution in [0, 0.1) is 5.92 Å². The van der Waals surface area contributed by atoms with Gasteiger partial charge in [-0.05, 0) is 50.1 Å². The Bertz CT molecular complexity index is 509. The third kappa shape index (κ3) is 3.10. The molecule has 0 bridgehead atoms. The van der Waals surface area contributed by atoms with Gasteiger partial charge in [0.1, 0.15) is 0 Å². The molecule has 3 rings (SSSR count). The molecule has 1 fully saturated rings. The molecule has 3 unspecified atom stereocenters. The quantitative estimate of drug-likeness (QED) is 0.923. The number of hydrogen-bond acceptors (Lipinski definition) is 3. The van der Waals surface area contributed by atoms with E-state index in [-0.39, 0.29) is 0 Å². The van der Waals surface area contributed by atoms with E-state index in [1.807, 2.05) is 11.7 Å². The Kier molecular flexibility index (Phi) is 4.48. The first-order valence-corrected chi connectivity index (χ1v) is 8.34. The SMILES string of the molecule is CNC1CCC(c2ccccc2)CC1Cc1cncs1. The summed E-state index contributed by atoms with van der Waals surface area (Å²) in [4.78, 5) is 5.63. The number of thiazole rings is 1. The van der Waals surface area contributed by atoms with E-state index in [1.165, 1.54) is 36.1 Å². The largest absolute Gasteiger partial charge is 0.317 e. The van der Waals surface area contributed by atoms with Crippen LogP contribution >= 0.6 is 11.3 Å². The summed E-state index contributed by atoms with van der Waals surface area (Å²) in [6.07, 6.45) is 7.06. The predicted octanol–water partition coefficient (Wildman–Crippen LogP) is 3.86. The Morgan fingerprint density at radius 3 is 2.80 bits per heavy atom. The van der Waals surface area contributed by atoms with Crippen molar-refractivity contribution in [3.05, 3.63) is 52.5 Å². The van der Waals surface area contributed by atoms with Gasteiger partial charge in [0.15, 0.2) is 0 Å². The van der Waals surface area contributed by atoms with Crippen LogP contribution in [0.4, 0.5) is 0 Å². The van der Waals surface area contributed by atoms with Crippen LogP contribution in [0.25, 0.3) is 0 Å². The minimum absolute atomic E-state index is 0.650. The first kappa shape index (κ1) is 13.8. The highest BCUT2D eigenvalue weighted by Gasteiger charge is 2.30. The van der Waals surface area contributed by atoms with Crippen LogP contribution in [0.2, 0.25) is 0 Å². The van der Waals surface area contributed by atoms with Crippen molar-refractivity contribution in [3.63, 3.8) is 0 Å². The Balaban J connectivity index is 1.72. The maximum atomic E-state index is 4.21. The molecule has 0 amide bonds. The molecule has 1 heterocycles. The highest BCUT2D eigenvalue weighted by molar-refractivity contribution is 7.09. The molecule has 0 aliphatic heterocycles. The summed E-state index contributed by atoms with van der Waals surface area (Å²) in [6, 6.07) is 11.7. The van der Waals surface area contributed by atoms with Crippen LogP contribution in [-0.4, -0.2) is 18.1 Å². The van der Waals surface area contributed by atoms with E-state index in [0.717, 1.165) is 11.8 Å². The van der Waals surface area contributed by atoms with Crippen LogP contribution in [0.15, 0.2) is 42.0 Å². The molecule has 1 aromatic carbocycles. The van der Waals surface area contributed by atoms with Crippen LogP contribution in [-0.2, 0) is 6.42 Å². The molecule has 1 aliphatic carbocycles. The molecule has 1 aromatic heterocycles. The lowest BCUT2D eigenvalue weighted by Crippen LogP contribution is -2.39. The fourth-order valence-corrected chi connectivity index (χ4v) is 4.19. The fraction of sp³-hybridized carbons (Fsp3) is 0.471. The predicted molar refractivity (Wildman–Crippen MR) is 85.2 cm³/mol. The van der Waals surface area contributed by atoms with E-state index in [4.69, 9.17) is 0 Å². The van der Waals surface area contributed by atoms with Crippen LogP contribution in [0.5, 0.6) is 0 Å². The summed E-state index contributed by atoms with van der Waals surface area (Å²) in [6.45, 7) is 0. The third-order valence-electron chi connectivity index (χ3n) is 4.57. The second-order valence-electron chi connectivity index (χ2n) is 5.75. The second kappa shape index (κ2) is 6.51. The molecule has 106 valence electrons. The van der Waals surface area contributed by atoms with Crippen molar-refractivity contribution in [2.45, 2.75) is 37.6 Å². The van der Waals surface area contributed by atoms with Crippen molar-refractivity contribution in [1.29, 1.82) is 0 Å². The average molecular weight is 286 g/mol. The molecule has 2 nitrogen and oxygen atoms in total. The average Bonchev–Trinajstić information content (AvgIpc) is 3.01. The number of hydrogen-bond donors (Lipinski definition) is 1.